The van der Waals surface area contributed by atoms with Gasteiger partial charge in [-0.05, 0) is 38.3 Å². The van der Waals surface area contributed by atoms with E-state index >= 15 is 0 Å². The first-order valence-electron chi connectivity index (χ1n) is 5.01. The molecule has 0 unspecified atom stereocenters. The van der Waals surface area contributed by atoms with Gasteiger partial charge >= 0.3 is 0 Å². The lowest BCUT2D eigenvalue weighted by Gasteiger charge is -2.19. The van der Waals surface area contributed by atoms with Gasteiger partial charge in [-0.1, -0.05) is 13.8 Å². The monoisotopic (exact) mass is 193 g/mol. The molecule has 1 rings (SSSR count). The minimum atomic E-state index is -0.798. The van der Waals surface area contributed by atoms with E-state index in [9.17, 15) is 5.11 Å². The van der Waals surface area contributed by atoms with E-state index in [-0.39, 0.29) is 0 Å². The molecule has 14 heavy (non-hydrogen) atoms. The highest BCUT2D eigenvalue weighted by Crippen LogP contribution is 2.23. The van der Waals surface area contributed by atoms with Gasteiger partial charge < -0.3 is 5.11 Å². The molecule has 0 fully saturated rings. The molecule has 0 saturated carbocycles. The summed E-state index contributed by atoms with van der Waals surface area (Å²) in [6, 6.07) is 2.02. The molecule has 1 aromatic rings. The van der Waals surface area contributed by atoms with Crippen molar-refractivity contribution in [3.05, 3.63) is 29.1 Å². The quantitative estimate of drug-likeness (QED) is 0.783. The third-order valence-electron chi connectivity index (χ3n) is 2.37. The van der Waals surface area contributed by atoms with Crippen LogP contribution in [0, 0.1) is 6.92 Å². The van der Waals surface area contributed by atoms with Crippen LogP contribution in [-0.4, -0.2) is 10.1 Å². The van der Waals surface area contributed by atoms with E-state index in [1.54, 1.807) is 20.0 Å². The van der Waals surface area contributed by atoms with Gasteiger partial charge in [-0.15, -0.1) is 0 Å². The van der Waals surface area contributed by atoms with E-state index < -0.39 is 5.60 Å². The lowest BCUT2D eigenvalue weighted by molar-refractivity contribution is 0.0781. The van der Waals surface area contributed by atoms with Gasteiger partial charge in [0, 0.05) is 17.5 Å². The van der Waals surface area contributed by atoms with Crippen molar-refractivity contribution in [1.82, 2.24) is 4.98 Å². The molecule has 2 heteroatoms. The zero-order chi connectivity index (χ0) is 10.9. The second-order valence-electron chi connectivity index (χ2n) is 4.64. The maximum atomic E-state index is 9.80. The Kier molecular flexibility index (Phi) is 2.95. The maximum absolute atomic E-state index is 9.80. The molecular weight excluding hydrogens is 174 g/mol. The molecule has 2 nitrogen and oxygen atoms in total. The molecule has 0 atom stereocenters. The highest BCUT2D eigenvalue weighted by molar-refractivity contribution is 5.28. The van der Waals surface area contributed by atoms with Gasteiger partial charge in [0.2, 0.25) is 0 Å². The first kappa shape index (κ1) is 11.2. The molecular formula is C12H19NO. The number of pyridine rings is 1. The summed E-state index contributed by atoms with van der Waals surface area (Å²) in [6.45, 7) is 9.84. The number of hydrogen-bond acceptors (Lipinski definition) is 2. The minimum Gasteiger partial charge on any atom is -0.386 e. The summed E-state index contributed by atoms with van der Waals surface area (Å²) in [7, 11) is 0. The zero-order valence-corrected chi connectivity index (χ0v) is 9.63. The Morgan fingerprint density at radius 2 is 1.93 bits per heavy atom. The van der Waals surface area contributed by atoms with E-state index in [2.05, 4.69) is 18.8 Å². The third kappa shape index (κ3) is 2.32. The van der Waals surface area contributed by atoms with Crippen LogP contribution in [-0.2, 0) is 5.60 Å². The van der Waals surface area contributed by atoms with Crippen molar-refractivity contribution >= 4 is 0 Å². The van der Waals surface area contributed by atoms with Gasteiger partial charge in [0.1, 0.15) is 0 Å². The fourth-order valence-corrected chi connectivity index (χ4v) is 1.52. The van der Waals surface area contributed by atoms with Crippen LogP contribution in [0.5, 0.6) is 0 Å². The van der Waals surface area contributed by atoms with Gasteiger partial charge in [0.25, 0.3) is 0 Å². The summed E-state index contributed by atoms with van der Waals surface area (Å²) < 4.78 is 0. The van der Waals surface area contributed by atoms with Crippen LogP contribution in [0.15, 0.2) is 12.3 Å². The third-order valence-corrected chi connectivity index (χ3v) is 2.37. The Labute approximate surface area is 86.0 Å². The molecule has 1 N–H and O–H groups in total. The standard InChI is InChI=1S/C12H19NO/c1-8(2)11-9(3)6-10(7-13-11)12(4,5)14/h6-8,14H,1-5H3. The van der Waals surface area contributed by atoms with Crippen molar-refractivity contribution < 1.29 is 5.11 Å². The topological polar surface area (TPSA) is 33.1 Å². The van der Waals surface area contributed by atoms with E-state index in [4.69, 9.17) is 0 Å². The molecule has 0 aliphatic carbocycles. The van der Waals surface area contributed by atoms with E-state index in [0.29, 0.717) is 5.92 Å². The molecule has 0 saturated heterocycles. The summed E-state index contributed by atoms with van der Waals surface area (Å²) in [4.78, 5) is 4.38. The number of aromatic nitrogens is 1. The zero-order valence-electron chi connectivity index (χ0n) is 9.63. The first-order chi connectivity index (χ1) is 6.32. The second kappa shape index (κ2) is 3.70. The Bertz CT molecular complexity index is 324. The molecule has 0 aliphatic heterocycles. The SMILES string of the molecule is Cc1cc(C(C)(C)O)cnc1C(C)C. The van der Waals surface area contributed by atoms with Crippen LogP contribution < -0.4 is 0 Å². The van der Waals surface area contributed by atoms with Crippen molar-refractivity contribution in [2.45, 2.75) is 46.1 Å². The summed E-state index contributed by atoms with van der Waals surface area (Å²) in [5, 5.41) is 9.80. The largest absolute Gasteiger partial charge is 0.386 e. The highest BCUT2D eigenvalue weighted by Gasteiger charge is 2.17. The van der Waals surface area contributed by atoms with Gasteiger partial charge in [0.05, 0.1) is 5.60 Å². The fraction of sp³-hybridized carbons (Fsp3) is 0.583. The number of aryl methyl sites for hydroxylation is 1. The van der Waals surface area contributed by atoms with Crippen molar-refractivity contribution in [1.29, 1.82) is 0 Å². The Hall–Kier alpha value is -0.890. The van der Waals surface area contributed by atoms with E-state index in [1.165, 1.54) is 0 Å². The van der Waals surface area contributed by atoms with Gasteiger partial charge in [-0.2, -0.15) is 0 Å². The van der Waals surface area contributed by atoms with Crippen LogP contribution in [0.4, 0.5) is 0 Å². The summed E-state index contributed by atoms with van der Waals surface area (Å²) in [6.07, 6.45) is 1.77. The van der Waals surface area contributed by atoms with Crippen molar-refractivity contribution in [2.24, 2.45) is 0 Å². The normalized spacial score (nSPS) is 12.2. The number of hydrogen-bond donors (Lipinski definition) is 1. The Balaban J connectivity index is 3.13. The van der Waals surface area contributed by atoms with Crippen molar-refractivity contribution in [2.75, 3.05) is 0 Å². The number of rotatable bonds is 2. The van der Waals surface area contributed by atoms with E-state index in [0.717, 1.165) is 16.8 Å². The van der Waals surface area contributed by atoms with Gasteiger partial charge in [-0.3, -0.25) is 4.98 Å². The summed E-state index contributed by atoms with van der Waals surface area (Å²) >= 11 is 0. The summed E-state index contributed by atoms with van der Waals surface area (Å²) in [5.74, 6) is 0.436. The predicted molar refractivity (Wildman–Crippen MR) is 58.3 cm³/mol. The second-order valence-corrected chi connectivity index (χ2v) is 4.64. The van der Waals surface area contributed by atoms with Crippen LogP contribution in [0.3, 0.4) is 0 Å². The molecule has 0 amide bonds. The predicted octanol–water partition coefficient (Wildman–Crippen LogP) is 2.74. The number of aliphatic hydroxyl groups is 1. The fourth-order valence-electron chi connectivity index (χ4n) is 1.52. The molecule has 0 radical (unpaired) electrons. The van der Waals surface area contributed by atoms with Crippen LogP contribution in [0.2, 0.25) is 0 Å². The maximum Gasteiger partial charge on any atom is 0.0855 e. The van der Waals surface area contributed by atoms with Crippen LogP contribution >= 0.6 is 0 Å². The Morgan fingerprint density at radius 3 is 2.29 bits per heavy atom. The Morgan fingerprint density at radius 1 is 1.36 bits per heavy atom. The molecule has 1 heterocycles. The van der Waals surface area contributed by atoms with E-state index in [1.807, 2.05) is 13.0 Å². The lowest BCUT2D eigenvalue weighted by Crippen LogP contribution is -2.16. The van der Waals surface area contributed by atoms with Crippen LogP contribution in [0.25, 0.3) is 0 Å². The lowest BCUT2D eigenvalue weighted by atomic mass is 9.96. The average molecular weight is 193 g/mol. The molecule has 78 valence electrons. The molecule has 0 bridgehead atoms. The highest BCUT2D eigenvalue weighted by atomic mass is 16.3. The summed E-state index contributed by atoms with van der Waals surface area (Å²) in [5.41, 5.74) is 2.34. The molecule has 0 aromatic carbocycles. The van der Waals surface area contributed by atoms with Crippen LogP contribution in [0.1, 0.15) is 50.4 Å². The van der Waals surface area contributed by atoms with Crippen molar-refractivity contribution in [3.63, 3.8) is 0 Å². The van der Waals surface area contributed by atoms with Gasteiger partial charge in [-0.25, -0.2) is 0 Å². The van der Waals surface area contributed by atoms with Crippen molar-refractivity contribution in [3.8, 4) is 0 Å². The smallest absolute Gasteiger partial charge is 0.0855 e. The van der Waals surface area contributed by atoms with Gasteiger partial charge in [0.15, 0.2) is 0 Å². The molecule has 1 aromatic heterocycles. The molecule has 0 spiro atoms. The number of nitrogens with zero attached hydrogens (tertiary/aromatic N) is 1. The first-order valence-corrected chi connectivity index (χ1v) is 5.01. The molecule has 0 aliphatic rings. The minimum absolute atomic E-state index is 0.436. The average Bonchev–Trinajstić information content (AvgIpc) is 2.01.